The molecule has 0 atom stereocenters. The van der Waals surface area contributed by atoms with Gasteiger partial charge in [0.05, 0.1) is 0 Å². The molecule has 0 amide bonds. The van der Waals surface area contributed by atoms with Gasteiger partial charge in [0.2, 0.25) is 0 Å². The van der Waals surface area contributed by atoms with E-state index in [9.17, 15) is 23.0 Å². The second-order valence-corrected chi connectivity index (χ2v) is 25.0. The minimum atomic E-state index is -5.42. The molecule has 0 radical (unpaired) electrons. The predicted molar refractivity (Wildman–Crippen MR) is 43.0 cm³/mol. The summed E-state index contributed by atoms with van der Waals surface area (Å²) in [6.07, 6.45) is 0. The fourth-order valence-electron chi connectivity index (χ4n) is 0.679. The van der Waals surface area contributed by atoms with Gasteiger partial charge in [0.25, 0.3) is 0 Å². The predicted octanol–water partition coefficient (Wildman–Crippen LogP) is -3.85. The van der Waals surface area contributed by atoms with Crippen molar-refractivity contribution in [2.45, 2.75) is 0 Å². The van der Waals surface area contributed by atoms with Crippen molar-refractivity contribution in [1.29, 1.82) is 0 Å². The molecule has 0 bridgehead atoms. The van der Waals surface area contributed by atoms with Crippen LogP contribution in [0, 0.1) is 0 Å². The van der Waals surface area contributed by atoms with Gasteiger partial charge in [-0.05, 0) is 0 Å². The first-order valence-electron chi connectivity index (χ1n) is 3.41. The van der Waals surface area contributed by atoms with E-state index in [1.165, 1.54) is 0 Å². The maximum atomic E-state index is 11.1. The van der Waals surface area contributed by atoms with Crippen LogP contribution in [0.3, 0.4) is 0 Å². The monoisotopic (exact) mass is 588 g/mol. The van der Waals surface area contributed by atoms with Crippen molar-refractivity contribution in [3.05, 3.63) is 0 Å². The average Bonchev–Trinajstić information content (AvgIpc) is 1.94. The molecule has 0 aromatic rings. The van der Waals surface area contributed by atoms with E-state index in [2.05, 4.69) is 15.7 Å². The van der Waals surface area contributed by atoms with Crippen molar-refractivity contribution >= 4 is 74.7 Å². The molecule has 2 aliphatic rings. The molecule has 13 nitrogen and oxygen atoms in total. The van der Waals surface area contributed by atoms with E-state index in [0.29, 0.717) is 0 Å². The van der Waals surface area contributed by atoms with Gasteiger partial charge in [-0.1, -0.05) is 0 Å². The molecule has 2 aliphatic heterocycles. The quantitative estimate of drug-likeness (QED) is 0.292. The van der Waals surface area contributed by atoms with Crippen molar-refractivity contribution < 1.29 is 44.2 Å². The van der Waals surface area contributed by atoms with Gasteiger partial charge in [-0.15, -0.1) is 0 Å². The molecule has 0 aromatic carbocycles. The van der Waals surface area contributed by atoms with E-state index < -0.39 is 74.7 Å². The Morgan fingerprint density at radius 1 is 0.778 bits per heavy atom. The molecule has 0 saturated carbocycles. The molecule has 2 heterocycles. The zero-order valence-corrected chi connectivity index (χ0v) is 17.8. The van der Waals surface area contributed by atoms with Crippen LogP contribution in [0.15, 0.2) is 0 Å². The second kappa shape index (κ2) is 5.62. The summed E-state index contributed by atoms with van der Waals surface area (Å²) in [4.78, 5) is 0. The van der Waals surface area contributed by atoms with Crippen molar-refractivity contribution in [3.63, 3.8) is 0 Å². The Hall–Kier alpha value is 1.35. The first-order valence-corrected chi connectivity index (χ1v) is 17.7. The van der Waals surface area contributed by atoms with Crippen LogP contribution in [-0.2, 0) is 38.7 Å². The molecule has 2 fully saturated rings. The van der Waals surface area contributed by atoms with Gasteiger partial charge in [0.1, 0.15) is 0 Å². The third-order valence-corrected chi connectivity index (χ3v) is 31.8. The zero-order chi connectivity index (χ0) is 12.9. The van der Waals surface area contributed by atoms with E-state index in [-0.39, 0.29) is 5.48 Å². The zero-order valence-electron chi connectivity index (χ0n) is 7.78. The normalized spacial score (nSPS) is 24.7. The molecule has 0 aliphatic carbocycles. The molecule has 0 unspecified atom stereocenters. The summed E-state index contributed by atoms with van der Waals surface area (Å²) in [6, 6.07) is 0. The SMILES string of the molecule is O.O=[Se]1(=O)[O][Ga]([O][Se](=O)(=O)[O][Ga]2[O][Se](=O)(=O)[O]2)[O]1. The van der Waals surface area contributed by atoms with Gasteiger partial charge in [-0.3, -0.25) is 0 Å². The second-order valence-electron chi connectivity index (χ2n) is 2.38. The van der Waals surface area contributed by atoms with Crippen LogP contribution in [0.2, 0.25) is 0 Å². The van der Waals surface area contributed by atoms with E-state index in [0.717, 1.165) is 0 Å². The van der Waals surface area contributed by atoms with Crippen LogP contribution in [-0.4, -0.2) is 80.2 Å². The van der Waals surface area contributed by atoms with Gasteiger partial charge in [0.15, 0.2) is 0 Å². The van der Waals surface area contributed by atoms with Gasteiger partial charge in [-0.2, -0.15) is 0 Å². The summed E-state index contributed by atoms with van der Waals surface area (Å²) in [6.45, 7) is 0. The van der Waals surface area contributed by atoms with Crippen molar-refractivity contribution in [3.8, 4) is 0 Å². The van der Waals surface area contributed by atoms with Crippen LogP contribution in [0.1, 0.15) is 0 Å². The molecule has 0 aromatic heterocycles. The molecule has 18 heteroatoms. The van der Waals surface area contributed by atoms with Crippen molar-refractivity contribution in [1.82, 2.24) is 0 Å². The van der Waals surface area contributed by atoms with E-state index >= 15 is 0 Å². The first kappa shape index (κ1) is 17.4. The Balaban J connectivity index is 0.00000162. The fraction of sp³-hybridized carbons (Fsp3) is 0. The van der Waals surface area contributed by atoms with Crippen molar-refractivity contribution in [2.24, 2.45) is 0 Å². The fourth-order valence-corrected chi connectivity index (χ4v) is 28.2. The van der Waals surface area contributed by atoms with Crippen LogP contribution in [0.5, 0.6) is 0 Å². The Labute approximate surface area is 118 Å². The van der Waals surface area contributed by atoms with Gasteiger partial charge < -0.3 is 5.48 Å². The molecule has 2 rings (SSSR count). The Bertz CT molecular complexity index is 533. The summed E-state index contributed by atoms with van der Waals surface area (Å²) in [5.74, 6) is 0. The summed E-state index contributed by atoms with van der Waals surface area (Å²) in [7, 11) is 0. The molecule has 2 N–H and O–H groups in total. The summed E-state index contributed by atoms with van der Waals surface area (Å²) < 4.78 is 88.6. The molecular formula is H2Ga2O13Se3. The summed E-state index contributed by atoms with van der Waals surface area (Å²) in [5, 5.41) is 0. The van der Waals surface area contributed by atoms with Crippen LogP contribution >= 0.6 is 0 Å². The third kappa shape index (κ3) is 4.72. The van der Waals surface area contributed by atoms with Gasteiger partial charge in [-0.25, -0.2) is 0 Å². The molecule has 104 valence electrons. The van der Waals surface area contributed by atoms with Crippen LogP contribution < -0.4 is 0 Å². The van der Waals surface area contributed by atoms with E-state index in [4.69, 9.17) is 0 Å². The van der Waals surface area contributed by atoms with Gasteiger partial charge >= 0.3 is 113 Å². The van der Waals surface area contributed by atoms with Crippen molar-refractivity contribution in [2.75, 3.05) is 0 Å². The standard InChI is InChI=1S/2Ga.3H2O4Se.H2O/c;;3*1-5(2,3)4;/h;;3*(H2,1,2,3,4);1H2/q2*+3;;;;/p-6. The Morgan fingerprint density at radius 3 is 1.28 bits per heavy atom. The maximum absolute atomic E-state index is 11.1. The summed E-state index contributed by atoms with van der Waals surface area (Å²) in [5.41, 5.74) is 0. The molecular weight excluding hydrogens is 584 g/mol. The average molecular weight is 586 g/mol. The number of hydrogen-bond donors (Lipinski definition) is 0. The van der Waals surface area contributed by atoms with E-state index in [1.807, 2.05) is 0 Å². The minimum absolute atomic E-state index is 0. The number of hydrogen-bond acceptors (Lipinski definition) is 12. The summed E-state index contributed by atoms with van der Waals surface area (Å²) >= 11 is -22.6. The molecule has 0 spiro atoms. The Kier molecular flexibility index (Phi) is 5.43. The third-order valence-electron chi connectivity index (χ3n) is 1.18. The topological polar surface area (TPSA) is 189 Å². The van der Waals surface area contributed by atoms with E-state index in [1.54, 1.807) is 0 Å². The van der Waals surface area contributed by atoms with Crippen LogP contribution in [0.25, 0.3) is 0 Å². The van der Waals surface area contributed by atoms with Gasteiger partial charge in [0, 0.05) is 0 Å². The first-order chi connectivity index (χ1) is 7.57. The Morgan fingerprint density at radius 2 is 1.06 bits per heavy atom. The van der Waals surface area contributed by atoms with Crippen LogP contribution in [0.4, 0.5) is 0 Å². The molecule has 18 heavy (non-hydrogen) atoms. The number of rotatable bonds is 4. The molecule has 2 saturated heterocycles.